The molecule has 3 aromatic carbocycles. The van der Waals surface area contributed by atoms with Crippen LogP contribution in [0, 0.1) is 0 Å². The molecule has 1 aliphatic rings. The Balaban J connectivity index is 1.76. The first-order valence-electron chi connectivity index (χ1n) is 9.06. The van der Waals surface area contributed by atoms with Gasteiger partial charge in [0.15, 0.2) is 5.75 Å². The van der Waals surface area contributed by atoms with E-state index in [1.54, 1.807) is 37.3 Å². The molecule has 1 heterocycles. The van der Waals surface area contributed by atoms with Crippen LogP contribution >= 0.6 is 0 Å². The van der Waals surface area contributed by atoms with Gasteiger partial charge in [-0.05, 0) is 36.1 Å². The summed E-state index contributed by atoms with van der Waals surface area (Å²) in [5.74, 6) is -0.400. The van der Waals surface area contributed by atoms with Crippen LogP contribution in [0.2, 0.25) is 0 Å². The summed E-state index contributed by atoms with van der Waals surface area (Å²) in [5.41, 5.74) is 1.65. The number of hydrogen-bond donors (Lipinski definition) is 2. The Morgan fingerprint density at radius 2 is 1.93 bits per heavy atom. The number of anilines is 1. The van der Waals surface area contributed by atoms with Gasteiger partial charge in [-0.1, -0.05) is 36.4 Å². The number of ether oxygens (including phenoxy) is 2. The Hall–Kier alpha value is -3.54. The zero-order valence-corrected chi connectivity index (χ0v) is 15.3. The van der Waals surface area contributed by atoms with Crippen LogP contribution in [-0.4, -0.2) is 29.7 Å². The minimum Gasteiger partial charge on any atom is -0.508 e. The Labute approximate surface area is 161 Å². The maximum absolute atomic E-state index is 12.6. The highest BCUT2D eigenvalue weighted by molar-refractivity contribution is 6.08. The highest BCUT2D eigenvalue weighted by Crippen LogP contribution is 2.40. The standard InChI is InChI=1S/C22H19NO5/c1-2-27-21(25)17-12-14-5-3-4-6-16(14)20-19(17)23-18(22(26)28-20)11-13-7-9-15(24)10-8-13/h3-10,12,18,23-24H,2,11H2,1H3/t18-/m1/s1. The first kappa shape index (κ1) is 17.9. The van der Waals surface area contributed by atoms with E-state index in [-0.39, 0.29) is 12.4 Å². The summed E-state index contributed by atoms with van der Waals surface area (Å²) >= 11 is 0. The first-order chi connectivity index (χ1) is 13.6. The third-order valence-electron chi connectivity index (χ3n) is 4.68. The normalized spacial score (nSPS) is 15.5. The number of carbonyl (C=O) groups excluding carboxylic acids is 2. The maximum Gasteiger partial charge on any atom is 0.340 e. The topological polar surface area (TPSA) is 84.9 Å². The molecule has 0 radical (unpaired) electrons. The quantitative estimate of drug-likeness (QED) is 0.533. The van der Waals surface area contributed by atoms with Crippen molar-refractivity contribution in [1.82, 2.24) is 0 Å². The first-order valence-corrected chi connectivity index (χ1v) is 9.06. The van der Waals surface area contributed by atoms with Crippen LogP contribution in [0.15, 0.2) is 54.6 Å². The van der Waals surface area contributed by atoms with E-state index in [0.717, 1.165) is 16.3 Å². The summed E-state index contributed by atoms with van der Waals surface area (Å²) in [6.45, 7) is 1.99. The average molecular weight is 377 g/mol. The Morgan fingerprint density at radius 1 is 1.18 bits per heavy atom. The van der Waals surface area contributed by atoms with Crippen LogP contribution in [0.5, 0.6) is 11.5 Å². The molecule has 1 aliphatic heterocycles. The second-order valence-corrected chi connectivity index (χ2v) is 6.56. The lowest BCUT2D eigenvalue weighted by Gasteiger charge is -2.28. The van der Waals surface area contributed by atoms with Crippen LogP contribution < -0.4 is 10.1 Å². The van der Waals surface area contributed by atoms with Crippen molar-refractivity contribution in [2.75, 3.05) is 11.9 Å². The molecule has 0 amide bonds. The fourth-order valence-electron chi connectivity index (χ4n) is 3.34. The number of rotatable bonds is 4. The number of esters is 2. The number of fused-ring (bicyclic) bond motifs is 3. The van der Waals surface area contributed by atoms with Crippen molar-refractivity contribution < 1.29 is 24.2 Å². The van der Waals surface area contributed by atoms with Gasteiger partial charge in [-0.3, -0.25) is 0 Å². The number of aromatic hydroxyl groups is 1. The molecule has 0 aromatic heterocycles. The Morgan fingerprint density at radius 3 is 2.68 bits per heavy atom. The number of hydrogen-bond acceptors (Lipinski definition) is 6. The molecule has 6 heteroatoms. The molecule has 4 rings (SSSR count). The highest BCUT2D eigenvalue weighted by atomic mass is 16.5. The summed E-state index contributed by atoms with van der Waals surface area (Å²) in [6.07, 6.45) is 0.355. The monoisotopic (exact) mass is 377 g/mol. The van der Waals surface area contributed by atoms with Crippen LogP contribution in [0.3, 0.4) is 0 Å². The fraction of sp³-hybridized carbons (Fsp3) is 0.182. The predicted octanol–water partition coefficient (Wildman–Crippen LogP) is 3.66. The molecule has 0 spiro atoms. The number of nitrogens with one attached hydrogen (secondary N) is 1. The SMILES string of the molecule is CCOC(=O)c1cc2ccccc2c2c1N[C@H](Cc1ccc(O)cc1)C(=O)O2. The molecule has 0 aliphatic carbocycles. The van der Waals surface area contributed by atoms with E-state index in [0.29, 0.717) is 23.4 Å². The van der Waals surface area contributed by atoms with Gasteiger partial charge in [-0.25, -0.2) is 9.59 Å². The second-order valence-electron chi connectivity index (χ2n) is 6.56. The van der Waals surface area contributed by atoms with Crippen molar-refractivity contribution in [2.24, 2.45) is 0 Å². The summed E-state index contributed by atoms with van der Waals surface area (Å²) in [5, 5.41) is 14.1. The lowest BCUT2D eigenvalue weighted by molar-refractivity contribution is -0.135. The average Bonchev–Trinajstić information content (AvgIpc) is 2.70. The van der Waals surface area contributed by atoms with E-state index >= 15 is 0 Å². The lowest BCUT2D eigenvalue weighted by atomic mass is 9.99. The van der Waals surface area contributed by atoms with E-state index in [1.807, 2.05) is 24.3 Å². The highest BCUT2D eigenvalue weighted by Gasteiger charge is 2.33. The number of benzene rings is 3. The van der Waals surface area contributed by atoms with Gasteiger partial charge in [0.25, 0.3) is 0 Å². The molecule has 0 fully saturated rings. The van der Waals surface area contributed by atoms with Crippen LogP contribution in [0.25, 0.3) is 10.8 Å². The van der Waals surface area contributed by atoms with Crippen LogP contribution in [0.1, 0.15) is 22.8 Å². The van der Waals surface area contributed by atoms with Gasteiger partial charge < -0.3 is 19.9 Å². The second kappa shape index (κ2) is 7.23. The molecule has 1 atom stereocenters. The summed E-state index contributed by atoms with van der Waals surface area (Å²) < 4.78 is 10.9. The van der Waals surface area contributed by atoms with Gasteiger partial charge in [-0.15, -0.1) is 0 Å². The number of carbonyl (C=O) groups is 2. The van der Waals surface area contributed by atoms with E-state index in [9.17, 15) is 14.7 Å². The van der Waals surface area contributed by atoms with Crippen molar-refractivity contribution in [2.45, 2.75) is 19.4 Å². The molecule has 0 bridgehead atoms. The third-order valence-corrected chi connectivity index (χ3v) is 4.68. The van der Waals surface area contributed by atoms with Crippen molar-refractivity contribution in [1.29, 1.82) is 0 Å². The fourth-order valence-corrected chi connectivity index (χ4v) is 3.34. The predicted molar refractivity (Wildman–Crippen MR) is 105 cm³/mol. The number of phenolic OH excluding ortho intramolecular Hbond substituents is 1. The van der Waals surface area contributed by atoms with Gasteiger partial charge in [0.1, 0.15) is 11.8 Å². The van der Waals surface area contributed by atoms with Crippen molar-refractivity contribution in [3.05, 3.63) is 65.7 Å². The lowest BCUT2D eigenvalue weighted by Crippen LogP contribution is -2.39. The van der Waals surface area contributed by atoms with Crippen molar-refractivity contribution in [3.8, 4) is 11.5 Å². The molecule has 142 valence electrons. The summed E-state index contributed by atoms with van der Waals surface area (Å²) in [4.78, 5) is 25.1. The van der Waals surface area contributed by atoms with Crippen molar-refractivity contribution >= 4 is 28.4 Å². The van der Waals surface area contributed by atoms with E-state index in [4.69, 9.17) is 9.47 Å². The Bertz CT molecular complexity index is 1060. The van der Waals surface area contributed by atoms with Crippen LogP contribution in [0.4, 0.5) is 5.69 Å². The Kier molecular flexibility index (Phi) is 4.61. The molecule has 2 N–H and O–H groups in total. The van der Waals surface area contributed by atoms with Gasteiger partial charge in [-0.2, -0.15) is 0 Å². The van der Waals surface area contributed by atoms with E-state index < -0.39 is 18.0 Å². The summed E-state index contributed by atoms with van der Waals surface area (Å²) in [6, 6.07) is 15.1. The van der Waals surface area contributed by atoms with Crippen LogP contribution in [-0.2, 0) is 16.0 Å². The van der Waals surface area contributed by atoms with Gasteiger partial charge in [0.2, 0.25) is 0 Å². The smallest absolute Gasteiger partial charge is 0.340 e. The molecule has 0 unspecified atom stereocenters. The maximum atomic E-state index is 12.6. The molecular weight excluding hydrogens is 358 g/mol. The largest absolute Gasteiger partial charge is 0.508 e. The van der Waals surface area contributed by atoms with Gasteiger partial charge >= 0.3 is 11.9 Å². The zero-order chi connectivity index (χ0) is 19.7. The molecular formula is C22H19NO5. The molecule has 3 aromatic rings. The minimum atomic E-state index is -0.661. The minimum absolute atomic E-state index is 0.157. The van der Waals surface area contributed by atoms with Crippen molar-refractivity contribution in [3.63, 3.8) is 0 Å². The molecule has 28 heavy (non-hydrogen) atoms. The number of phenols is 1. The zero-order valence-electron chi connectivity index (χ0n) is 15.3. The van der Waals surface area contributed by atoms with Gasteiger partial charge in [0, 0.05) is 11.8 Å². The molecule has 0 saturated heterocycles. The molecule has 6 nitrogen and oxygen atoms in total. The summed E-state index contributed by atoms with van der Waals surface area (Å²) in [7, 11) is 0. The van der Waals surface area contributed by atoms with E-state index in [2.05, 4.69) is 5.32 Å². The van der Waals surface area contributed by atoms with E-state index in [1.165, 1.54) is 0 Å². The molecule has 0 saturated carbocycles. The third kappa shape index (κ3) is 3.24. The van der Waals surface area contributed by atoms with Gasteiger partial charge in [0.05, 0.1) is 17.9 Å².